The SMILES string of the molecule is CCC(C)NC(=O)C(C)N(Cc1ccc(F)cc1)C(=O)CN(c1ccc2c(c1)OCO2)S(=O)(=O)CC. The summed E-state index contributed by atoms with van der Waals surface area (Å²) in [7, 11) is -3.87. The van der Waals surface area contributed by atoms with Crippen molar-refractivity contribution in [1.29, 1.82) is 0 Å². The van der Waals surface area contributed by atoms with Crippen molar-refractivity contribution < 1.29 is 31.9 Å². The molecule has 0 saturated heterocycles. The van der Waals surface area contributed by atoms with Gasteiger partial charge in [-0.3, -0.25) is 13.9 Å². The van der Waals surface area contributed by atoms with Gasteiger partial charge < -0.3 is 19.7 Å². The minimum atomic E-state index is -3.87. The highest BCUT2D eigenvalue weighted by Crippen LogP contribution is 2.36. The second-order valence-corrected chi connectivity index (χ2v) is 10.8. The number of amides is 2. The van der Waals surface area contributed by atoms with Crippen LogP contribution in [0.5, 0.6) is 11.5 Å². The Labute approximate surface area is 211 Å². The lowest BCUT2D eigenvalue weighted by Crippen LogP contribution is -2.52. The summed E-state index contributed by atoms with van der Waals surface area (Å²) in [5.74, 6) is -0.764. The van der Waals surface area contributed by atoms with Crippen LogP contribution >= 0.6 is 0 Å². The van der Waals surface area contributed by atoms with Crippen LogP contribution in [0.25, 0.3) is 0 Å². The Morgan fingerprint density at radius 3 is 2.36 bits per heavy atom. The van der Waals surface area contributed by atoms with Gasteiger partial charge in [0.2, 0.25) is 28.6 Å². The average molecular weight is 522 g/mol. The monoisotopic (exact) mass is 521 g/mol. The van der Waals surface area contributed by atoms with Crippen molar-refractivity contribution in [2.24, 2.45) is 0 Å². The number of sulfonamides is 1. The largest absolute Gasteiger partial charge is 0.454 e. The molecule has 1 N–H and O–H groups in total. The number of fused-ring (bicyclic) bond motifs is 1. The van der Waals surface area contributed by atoms with Crippen LogP contribution in [0.2, 0.25) is 0 Å². The molecule has 2 atom stereocenters. The standard InChI is InChI=1S/C25H32FN3O6S/c1-5-17(3)27-25(31)18(4)28(14-19-7-9-20(26)10-8-19)24(30)15-29(36(32,33)6-2)21-11-12-22-23(13-21)35-16-34-22/h7-13,17-18H,5-6,14-16H2,1-4H3,(H,27,31). The molecule has 2 amide bonds. The summed E-state index contributed by atoms with van der Waals surface area (Å²) in [6.45, 7) is 6.33. The van der Waals surface area contributed by atoms with E-state index < -0.39 is 34.3 Å². The summed E-state index contributed by atoms with van der Waals surface area (Å²) in [6.07, 6.45) is 0.705. The molecule has 0 aromatic heterocycles. The maximum Gasteiger partial charge on any atom is 0.244 e. The van der Waals surface area contributed by atoms with Gasteiger partial charge >= 0.3 is 0 Å². The van der Waals surface area contributed by atoms with Crippen molar-refractivity contribution in [2.75, 3.05) is 23.4 Å². The highest BCUT2D eigenvalue weighted by atomic mass is 32.2. The van der Waals surface area contributed by atoms with Crippen LogP contribution in [-0.2, 0) is 26.2 Å². The van der Waals surface area contributed by atoms with E-state index in [1.807, 2.05) is 13.8 Å². The number of rotatable bonds is 11. The molecule has 2 unspecified atom stereocenters. The topological polar surface area (TPSA) is 105 Å². The first-order chi connectivity index (χ1) is 17.1. The van der Waals surface area contributed by atoms with Crippen molar-refractivity contribution in [3.63, 3.8) is 0 Å². The Kier molecular flexibility index (Phi) is 8.78. The van der Waals surface area contributed by atoms with Gasteiger partial charge in [-0.15, -0.1) is 0 Å². The van der Waals surface area contributed by atoms with E-state index in [4.69, 9.17) is 9.47 Å². The molecule has 0 aliphatic carbocycles. The van der Waals surface area contributed by atoms with Crippen LogP contribution in [0.15, 0.2) is 42.5 Å². The normalized spacial score (nSPS) is 14.1. The van der Waals surface area contributed by atoms with Crippen LogP contribution < -0.4 is 19.1 Å². The Morgan fingerprint density at radius 1 is 1.06 bits per heavy atom. The second kappa shape index (κ2) is 11.6. The van der Waals surface area contributed by atoms with Crippen molar-refractivity contribution in [3.8, 4) is 11.5 Å². The first-order valence-electron chi connectivity index (χ1n) is 11.8. The van der Waals surface area contributed by atoms with Crippen LogP contribution in [0.3, 0.4) is 0 Å². The summed E-state index contributed by atoms with van der Waals surface area (Å²) < 4.78 is 51.1. The first-order valence-corrected chi connectivity index (χ1v) is 13.4. The summed E-state index contributed by atoms with van der Waals surface area (Å²) in [6, 6.07) is 9.20. The number of benzene rings is 2. The molecule has 2 aromatic carbocycles. The van der Waals surface area contributed by atoms with Crippen molar-refractivity contribution in [1.82, 2.24) is 10.2 Å². The summed E-state index contributed by atoms with van der Waals surface area (Å²) in [5, 5.41) is 2.86. The number of hydrogen-bond acceptors (Lipinski definition) is 6. The van der Waals surface area contributed by atoms with Crippen molar-refractivity contribution in [2.45, 2.75) is 52.7 Å². The Bertz CT molecular complexity index is 1190. The smallest absolute Gasteiger partial charge is 0.244 e. The Hall–Kier alpha value is -3.34. The number of anilines is 1. The molecular weight excluding hydrogens is 489 g/mol. The van der Waals surface area contributed by atoms with Gasteiger partial charge in [0.05, 0.1) is 11.4 Å². The lowest BCUT2D eigenvalue weighted by atomic mass is 10.1. The number of carbonyl (C=O) groups is 2. The molecule has 1 heterocycles. The van der Waals surface area contributed by atoms with Gasteiger partial charge in [0.1, 0.15) is 18.4 Å². The molecule has 2 aromatic rings. The summed E-state index contributed by atoms with van der Waals surface area (Å²) >= 11 is 0. The van der Waals surface area contributed by atoms with Gasteiger partial charge in [0.25, 0.3) is 0 Å². The third-order valence-electron chi connectivity index (χ3n) is 6.06. The number of nitrogens with one attached hydrogen (secondary N) is 1. The predicted octanol–water partition coefficient (Wildman–Crippen LogP) is 3.04. The number of carbonyl (C=O) groups excluding carboxylic acids is 2. The van der Waals surface area contributed by atoms with Crippen LogP contribution in [-0.4, -0.2) is 56.3 Å². The lowest BCUT2D eigenvalue weighted by Gasteiger charge is -2.32. The Balaban J connectivity index is 1.93. The zero-order valence-corrected chi connectivity index (χ0v) is 21.7. The second-order valence-electron chi connectivity index (χ2n) is 8.59. The fourth-order valence-electron chi connectivity index (χ4n) is 3.59. The lowest BCUT2D eigenvalue weighted by molar-refractivity contribution is -0.139. The fourth-order valence-corrected chi connectivity index (χ4v) is 4.65. The highest BCUT2D eigenvalue weighted by Gasteiger charge is 2.32. The van der Waals surface area contributed by atoms with Crippen molar-refractivity contribution >= 4 is 27.5 Å². The maximum atomic E-state index is 13.6. The number of hydrogen-bond donors (Lipinski definition) is 1. The molecule has 36 heavy (non-hydrogen) atoms. The van der Waals surface area contributed by atoms with E-state index in [1.54, 1.807) is 13.0 Å². The van der Waals surface area contributed by atoms with Gasteiger partial charge in [-0.1, -0.05) is 19.1 Å². The van der Waals surface area contributed by atoms with Gasteiger partial charge in [0, 0.05) is 18.7 Å². The van der Waals surface area contributed by atoms with Crippen molar-refractivity contribution in [3.05, 3.63) is 53.8 Å². The van der Waals surface area contributed by atoms with Gasteiger partial charge in [-0.25, -0.2) is 12.8 Å². The van der Waals surface area contributed by atoms with E-state index in [0.29, 0.717) is 23.5 Å². The van der Waals surface area contributed by atoms with E-state index in [1.165, 1.54) is 48.2 Å². The van der Waals surface area contributed by atoms with E-state index in [-0.39, 0.29) is 36.7 Å². The van der Waals surface area contributed by atoms with Crippen LogP contribution in [0.4, 0.5) is 10.1 Å². The molecule has 1 aliphatic heterocycles. The molecule has 11 heteroatoms. The van der Waals surface area contributed by atoms with Gasteiger partial charge in [-0.05, 0) is 57.0 Å². The zero-order valence-electron chi connectivity index (χ0n) is 20.9. The van der Waals surface area contributed by atoms with E-state index in [9.17, 15) is 22.4 Å². The molecule has 0 radical (unpaired) electrons. The summed E-state index contributed by atoms with van der Waals surface area (Å²) in [5.41, 5.74) is 0.841. The first kappa shape index (κ1) is 27.3. The third-order valence-corrected chi connectivity index (χ3v) is 7.80. The van der Waals surface area contributed by atoms with Crippen LogP contribution in [0, 0.1) is 5.82 Å². The molecular formula is C25H32FN3O6S. The number of ether oxygens (including phenoxy) is 2. The molecule has 9 nitrogen and oxygen atoms in total. The molecule has 196 valence electrons. The maximum absolute atomic E-state index is 13.6. The number of halogens is 1. The van der Waals surface area contributed by atoms with Gasteiger partial charge in [0.15, 0.2) is 11.5 Å². The molecule has 3 rings (SSSR count). The number of nitrogens with zero attached hydrogens (tertiary/aromatic N) is 2. The van der Waals surface area contributed by atoms with Gasteiger partial charge in [-0.2, -0.15) is 0 Å². The summed E-state index contributed by atoms with van der Waals surface area (Å²) in [4.78, 5) is 27.8. The zero-order chi connectivity index (χ0) is 26.5. The third kappa shape index (κ3) is 6.45. The minimum Gasteiger partial charge on any atom is -0.454 e. The Morgan fingerprint density at radius 2 is 1.72 bits per heavy atom. The fraction of sp³-hybridized carbons (Fsp3) is 0.440. The van der Waals surface area contributed by atoms with E-state index in [2.05, 4.69) is 5.32 Å². The predicted molar refractivity (Wildman–Crippen MR) is 134 cm³/mol. The molecule has 1 aliphatic rings. The highest BCUT2D eigenvalue weighted by molar-refractivity contribution is 7.92. The average Bonchev–Trinajstić information content (AvgIpc) is 3.34. The quantitative estimate of drug-likeness (QED) is 0.487. The van der Waals surface area contributed by atoms with E-state index >= 15 is 0 Å². The molecule has 0 saturated carbocycles. The van der Waals surface area contributed by atoms with Crippen LogP contribution in [0.1, 0.15) is 39.7 Å². The molecule has 0 spiro atoms. The molecule has 0 bridgehead atoms. The van der Waals surface area contributed by atoms with E-state index in [0.717, 1.165) is 4.31 Å². The molecule has 0 fully saturated rings. The minimum absolute atomic E-state index is 0.00461.